The second-order valence-corrected chi connectivity index (χ2v) is 7.52. The molecule has 2 aliphatic rings. The zero-order valence-electron chi connectivity index (χ0n) is 15.8. The van der Waals surface area contributed by atoms with Crippen molar-refractivity contribution in [2.75, 3.05) is 26.7 Å². The molecule has 1 atom stereocenters. The number of rotatable bonds is 5. The first kappa shape index (κ1) is 18.8. The van der Waals surface area contributed by atoms with Crippen molar-refractivity contribution in [2.24, 2.45) is 5.92 Å². The summed E-state index contributed by atoms with van der Waals surface area (Å²) in [6.07, 6.45) is 8.62. The van der Waals surface area contributed by atoms with Crippen LogP contribution in [0.5, 0.6) is 0 Å². The number of amides is 2. The van der Waals surface area contributed by atoms with Gasteiger partial charge in [0.1, 0.15) is 0 Å². The van der Waals surface area contributed by atoms with E-state index in [1.807, 2.05) is 11.1 Å². The highest BCUT2D eigenvalue weighted by molar-refractivity contribution is 5.82. The number of aromatic nitrogens is 2. The fourth-order valence-electron chi connectivity index (χ4n) is 3.88. The van der Waals surface area contributed by atoms with Crippen molar-refractivity contribution in [3.8, 4) is 0 Å². The lowest BCUT2D eigenvalue weighted by atomic mass is 9.92. The summed E-state index contributed by atoms with van der Waals surface area (Å²) in [6.45, 7) is 4.63. The van der Waals surface area contributed by atoms with Crippen molar-refractivity contribution >= 4 is 11.8 Å². The molecule has 26 heavy (non-hydrogen) atoms. The van der Waals surface area contributed by atoms with Gasteiger partial charge in [-0.05, 0) is 51.6 Å². The van der Waals surface area contributed by atoms with Gasteiger partial charge in [0.2, 0.25) is 11.8 Å². The third kappa shape index (κ3) is 4.78. The molecule has 1 N–H and O–H groups in total. The maximum Gasteiger partial charge on any atom is 0.239 e. The molecule has 2 fully saturated rings. The Labute approximate surface area is 155 Å². The zero-order chi connectivity index (χ0) is 18.5. The number of hydrogen-bond donors (Lipinski definition) is 1. The first-order valence-corrected chi connectivity index (χ1v) is 9.56. The van der Waals surface area contributed by atoms with Crippen LogP contribution in [0.15, 0.2) is 12.4 Å². The van der Waals surface area contributed by atoms with Gasteiger partial charge in [-0.15, -0.1) is 0 Å². The average Bonchev–Trinajstić information content (AvgIpc) is 3.07. The number of nitrogens with zero attached hydrogens (tertiary/aromatic N) is 4. The molecule has 142 valence electrons. The van der Waals surface area contributed by atoms with Gasteiger partial charge in [-0.25, -0.2) is 0 Å². The van der Waals surface area contributed by atoms with Crippen LogP contribution in [-0.4, -0.2) is 64.3 Å². The monoisotopic (exact) mass is 359 g/mol. The maximum atomic E-state index is 12.7. The van der Waals surface area contributed by atoms with Crippen LogP contribution in [0, 0.1) is 5.92 Å². The lowest BCUT2D eigenvalue weighted by Crippen LogP contribution is -2.47. The van der Waals surface area contributed by atoms with Crippen LogP contribution in [0.4, 0.5) is 0 Å². The van der Waals surface area contributed by atoms with Crippen LogP contribution in [-0.2, 0) is 22.6 Å². The van der Waals surface area contributed by atoms with Crippen molar-refractivity contribution in [1.29, 1.82) is 0 Å². The summed E-state index contributed by atoms with van der Waals surface area (Å²) >= 11 is 0. The number of carbonyl (C=O) groups excluding carboxylic acids is 2. The molecule has 0 aromatic carbocycles. The van der Waals surface area contributed by atoms with Crippen LogP contribution in [0.2, 0.25) is 0 Å². The van der Waals surface area contributed by atoms with E-state index in [0.717, 1.165) is 63.1 Å². The lowest BCUT2D eigenvalue weighted by molar-refractivity contribution is -0.137. The van der Waals surface area contributed by atoms with E-state index >= 15 is 0 Å². The fourth-order valence-corrected chi connectivity index (χ4v) is 3.88. The van der Waals surface area contributed by atoms with Crippen molar-refractivity contribution in [1.82, 2.24) is 25.1 Å². The molecule has 0 unspecified atom stereocenters. The van der Waals surface area contributed by atoms with Gasteiger partial charge in [0, 0.05) is 26.2 Å². The summed E-state index contributed by atoms with van der Waals surface area (Å²) in [7, 11) is 2.05. The molecule has 3 rings (SSSR count). The molecule has 2 saturated heterocycles. The van der Waals surface area contributed by atoms with Crippen molar-refractivity contribution in [2.45, 2.75) is 51.6 Å². The number of hydrogen-bond acceptors (Lipinski definition) is 5. The zero-order valence-corrected chi connectivity index (χ0v) is 15.8. The van der Waals surface area contributed by atoms with E-state index in [0.29, 0.717) is 18.4 Å². The van der Waals surface area contributed by atoms with E-state index < -0.39 is 0 Å². The van der Waals surface area contributed by atoms with Gasteiger partial charge in [-0.2, -0.15) is 0 Å². The molecule has 0 aliphatic carbocycles. The van der Waals surface area contributed by atoms with Crippen molar-refractivity contribution in [3.63, 3.8) is 0 Å². The Kier molecular flexibility index (Phi) is 6.19. The summed E-state index contributed by atoms with van der Waals surface area (Å²) in [5, 5.41) is 2.72. The van der Waals surface area contributed by atoms with Gasteiger partial charge in [-0.1, -0.05) is 0 Å². The summed E-state index contributed by atoms with van der Waals surface area (Å²) < 4.78 is 0. The fraction of sp³-hybridized carbons (Fsp3) is 0.684. The topological polar surface area (TPSA) is 78.4 Å². The molecule has 2 amide bonds. The first-order chi connectivity index (χ1) is 12.5. The highest BCUT2D eigenvalue weighted by atomic mass is 16.2. The van der Waals surface area contributed by atoms with Crippen LogP contribution < -0.4 is 5.32 Å². The molecule has 1 aromatic heterocycles. The molecule has 7 heteroatoms. The third-order valence-electron chi connectivity index (χ3n) is 5.51. The van der Waals surface area contributed by atoms with Crippen molar-refractivity contribution in [3.05, 3.63) is 23.8 Å². The van der Waals surface area contributed by atoms with Crippen molar-refractivity contribution < 1.29 is 9.59 Å². The number of nitrogens with one attached hydrogen (secondary N) is 1. The maximum absolute atomic E-state index is 12.7. The largest absolute Gasteiger partial charge is 0.351 e. The van der Waals surface area contributed by atoms with Gasteiger partial charge in [0.05, 0.1) is 30.2 Å². The van der Waals surface area contributed by atoms with E-state index in [4.69, 9.17) is 0 Å². The molecular weight excluding hydrogens is 330 g/mol. The lowest BCUT2D eigenvalue weighted by Gasteiger charge is -2.34. The van der Waals surface area contributed by atoms with E-state index in [2.05, 4.69) is 27.2 Å². The molecule has 0 saturated carbocycles. The second-order valence-electron chi connectivity index (χ2n) is 7.52. The average molecular weight is 359 g/mol. The number of piperidine rings is 1. The first-order valence-electron chi connectivity index (χ1n) is 9.56. The second kappa shape index (κ2) is 8.58. The smallest absolute Gasteiger partial charge is 0.239 e. The number of carbonyl (C=O) groups is 2. The summed E-state index contributed by atoms with van der Waals surface area (Å²) in [5.41, 5.74) is 1.75. The Morgan fingerprint density at radius 1 is 1.12 bits per heavy atom. The number of likely N-dealkylation sites (N-methyl/N-ethyl adjacent to an activating group) is 1. The molecule has 3 heterocycles. The standard InChI is InChI=1S/C19H29N5O2/c1-14(25)20-12-17-13-21-16(11-22-17)10-15-5-8-24(9-6-15)19(26)18-4-3-7-23(18)2/h11,13,15,18H,3-10,12H2,1-2H3,(H,20,25)/t18-/m0/s1. The minimum Gasteiger partial charge on any atom is -0.351 e. The normalized spacial score (nSPS) is 21.8. The summed E-state index contributed by atoms with van der Waals surface area (Å²) in [4.78, 5) is 36.7. The minimum atomic E-state index is -0.0685. The van der Waals surface area contributed by atoms with E-state index in [1.54, 1.807) is 6.20 Å². The molecule has 1 aromatic rings. The molecular formula is C19H29N5O2. The van der Waals surface area contributed by atoms with Gasteiger partial charge < -0.3 is 10.2 Å². The highest BCUT2D eigenvalue weighted by Crippen LogP contribution is 2.24. The molecule has 0 radical (unpaired) electrons. The van der Waals surface area contributed by atoms with E-state index in [-0.39, 0.29) is 11.9 Å². The Morgan fingerprint density at radius 2 is 1.81 bits per heavy atom. The highest BCUT2D eigenvalue weighted by Gasteiger charge is 2.33. The molecule has 0 bridgehead atoms. The Hall–Kier alpha value is -2.02. The SMILES string of the molecule is CC(=O)NCc1cnc(CC2CCN(C(=O)[C@@H]3CCCN3C)CC2)cn1. The Morgan fingerprint density at radius 3 is 2.38 bits per heavy atom. The quantitative estimate of drug-likeness (QED) is 0.848. The molecule has 7 nitrogen and oxygen atoms in total. The van der Waals surface area contributed by atoms with Crippen LogP contribution >= 0.6 is 0 Å². The predicted octanol–water partition coefficient (Wildman–Crippen LogP) is 0.988. The Balaban J connectivity index is 1.45. The van der Waals surface area contributed by atoms with Gasteiger partial charge in [0.25, 0.3) is 0 Å². The van der Waals surface area contributed by atoms with Gasteiger partial charge in [0.15, 0.2) is 0 Å². The predicted molar refractivity (Wildman–Crippen MR) is 98.2 cm³/mol. The van der Waals surface area contributed by atoms with Gasteiger partial charge >= 0.3 is 0 Å². The minimum absolute atomic E-state index is 0.0685. The van der Waals surface area contributed by atoms with Crippen LogP contribution in [0.3, 0.4) is 0 Å². The van der Waals surface area contributed by atoms with E-state index in [9.17, 15) is 9.59 Å². The van der Waals surface area contributed by atoms with Gasteiger partial charge in [-0.3, -0.25) is 24.5 Å². The Bertz CT molecular complexity index is 625. The summed E-state index contributed by atoms with van der Waals surface area (Å²) in [5.74, 6) is 0.794. The van der Waals surface area contributed by atoms with Crippen LogP contribution in [0.1, 0.15) is 44.0 Å². The summed E-state index contributed by atoms with van der Waals surface area (Å²) in [6, 6.07) is 0.0913. The number of likely N-dealkylation sites (tertiary alicyclic amines) is 2. The van der Waals surface area contributed by atoms with Crippen LogP contribution in [0.25, 0.3) is 0 Å². The van der Waals surface area contributed by atoms with E-state index in [1.165, 1.54) is 6.92 Å². The molecule has 0 spiro atoms. The third-order valence-corrected chi connectivity index (χ3v) is 5.51. The molecule has 2 aliphatic heterocycles.